The predicted octanol–water partition coefficient (Wildman–Crippen LogP) is 5.53. The number of Topliss-reactive ketones (excluding diaryl/α,β-unsaturated/α-hetero) is 1. The second kappa shape index (κ2) is 6.91. The zero-order valence-electron chi connectivity index (χ0n) is 13.3. The van der Waals surface area contributed by atoms with Crippen molar-refractivity contribution in [1.29, 1.82) is 0 Å². The van der Waals surface area contributed by atoms with Gasteiger partial charge < -0.3 is 0 Å². The van der Waals surface area contributed by atoms with Crippen LogP contribution in [0.1, 0.15) is 56.1 Å². The summed E-state index contributed by atoms with van der Waals surface area (Å²) in [5.74, 6) is 0.817. The summed E-state index contributed by atoms with van der Waals surface area (Å²) >= 11 is 0. The van der Waals surface area contributed by atoms with Crippen LogP contribution in [-0.4, -0.2) is 5.78 Å². The van der Waals surface area contributed by atoms with Gasteiger partial charge in [-0.15, -0.1) is 0 Å². The van der Waals surface area contributed by atoms with Crippen LogP contribution in [0, 0.1) is 0 Å². The summed E-state index contributed by atoms with van der Waals surface area (Å²) in [4.78, 5) is 11.8. The molecule has 0 spiro atoms. The molecule has 114 valence electrons. The monoisotopic (exact) mass is 292 g/mol. The number of ketones is 1. The van der Waals surface area contributed by atoms with E-state index in [2.05, 4.69) is 55.5 Å². The van der Waals surface area contributed by atoms with Crippen molar-refractivity contribution in [2.24, 2.45) is 0 Å². The van der Waals surface area contributed by atoms with Crippen LogP contribution in [0.25, 0.3) is 11.1 Å². The highest BCUT2D eigenvalue weighted by Crippen LogP contribution is 2.37. The Kier molecular flexibility index (Phi) is 4.72. The maximum absolute atomic E-state index is 11.8. The van der Waals surface area contributed by atoms with Crippen molar-refractivity contribution in [3.8, 4) is 11.1 Å². The first-order valence-corrected chi connectivity index (χ1v) is 8.48. The summed E-state index contributed by atoms with van der Waals surface area (Å²) in [6.45, 7) is 2.21. The van der Waals surface area contributed by atoms with Crippen molar-refractivity contribution in [3.05, 3.63) is 59.7 Å². The molecule has 0 radical (unpaired) electrons. The van der Waals surface area contributed by atoms with E-state index in [0.717, 1.165) is 25.7 Å². The molecular weight excluding hydrogens is 268 g/mol. The molecule has 0 aliphatic heterocycles. The standard InChI is InChI=1S/C21H24O/c1-2-6-16-11-13-17(14-12-16)20-9-3-4-10-21(20)18-7-5-8-19(22)15-18/h3-4,9-14,18H,2,5-8,15H2,1H3. The zero-order chi connectivity index (χ0) is 15.4. The average molecular weight is 292 g/mol. The van der Waals surface area contributed by atoms with E-state index in [-0.39, 0.29) is 0 Å². The van der Waals surface area contributed by atoms with E-state index in [1.165, 1.54) is 28.7 Å². The van der Waals surface area contributed by atoms with Gasteiger partial charge in [-0.25, -0.2) is 0 Å². The van der Waals surface area contributed by atoms with Crippen LogP contribution in [0.4, 0.5) is 0 Å². The van der Waals surface area contributed by atoms with Crippen LogP contribution < -0.4 is 0 Å². The van der Waals surface area contributed by atoms with E-state index in [1.807, 2.05) is 0 Å². The largest absolute Gasteiger partial charge is 0.300 e. The van der Waals surface area contributed by atoms with Crippen molar-refractivity contribution >= 4 is 5.78 Å². The number of carbonyl (C=O) groups excluding carboxylic acids is 1. The van der Waals surface area contributed by atoms with Crippen molar-refractivity contribution < 1.29 is 4.79 Å². The SMILES string of the molecule is CCCc1ccc(-c2ccccc2C2CCCC(=O)C2)cc1. The van der Waals surface area contributed by atoms with Crippen LogP contribution in [-0.2, 0) is 11.2 Å². The van der Waals surface area contributed by atoms with Gasteiger partial charge >= 0.3 is 0 Å². The average Bonchev–Trinajstić information content (AvgIpc) is 2.56. The van der Waals surface area contributed by atoms with Crippen LogP contribution >= 0.6 is 0 Å². The Balaban J connectivity index is 1.91. The third-order valence-electron chi connectivity index (χ3n) is 4.69. The van der Waals surface area contributed by atoms with Crippen LogP contribution in [0.3, 0.4) is 0 Å². The van der Waals surface area contributed by atoms with Gasteiger partial charge in [-0.05, 0) is 47.4 Å². The normalized spacial score (nSPS) is 18.4. The first-order valence-electron chi connectivity index (χ1n) is 8.48. The van der Waals surface area contributed by atoms with Crippen LogP contribution in [0.5, 0.6) is 0 Å². The highest BCUT2D eigenvalue weighted by atomic mass is 16.1. The second-order valence-corrected chi connectivity index (χ2v) is 6.37. The molecule has 1 saturated carbocycles. The van der Waals surface area contributed by atoms with Gasteiger partial charge in [0, 0.05) is 12.8 Å². The summed E-state index contributed by atoms with van der Waals surface area (Å²) in [5.41, 5.74) is 5.31. The molecule has 22 heavy (non-hydrogen) atoms. The van der Waals surface area contributed by atoms with Gasteiger partial charge in [0.05, 0.1) is 0 Å². The molecule has 0 heterocycles. The first-order chi connectivity index (χ1) is 10.8. The lowest BCUT2D eigenvalue weighted by atomic mass is 9.80. The minimum atomic E-state index is 0.396. The van der Waals surface area contributed by atoms with Crippen LogP contribution in [0.2, 0.25) is 0 Å². The smallest absolute Gasteiger partial charge is 0.133 e. The van der Waals surface area contributed by atoms with Crippen LogP contribution in [0.15, 0.2) is 48.5 Å². The molecule has 0 N–H and O–H groups in total. The van der Waals surface area contributed by atoms with Crippen molar-refractivity contribution in [2.45, 2.75) is 51.4 Å². The molecule has 2 aromatic carbocycles. The van der Waals surface area contributed by atoms with E-state index in [4.69, 9.17) is 0 Å². The lowest BCUT2D eigenvalue weighted by molar-refractivity contribution is -0.120. The molecule has 3 rings (SSSR count). The second-order valence-electron chi connectivity index (χ2n) is 6.37. The van der Waals surface area contributed by atoms with Gasteiger partial charge in [0.25, 0.3) is 0 Å². The maximum atomic E-state index is 11.8. The highest BCUT2D eigenvalue weighted by Gasteiger charge is 2.23. The topological polar surface area (TPSA) is 17.1 Å². The molecule has 1 heteroatoms. The zero-order valence-corrected chi connectivity index (χ0v) is 13.3. The molecule has 1 aliphatic rings. The van der Waals surface area contributed by atoms with Crippen molar-refractivity contribution in [1.82, 2.24) is 0 Å². The molecule has 1 aliphatic carbocycles. The Morgan fingerprint density at radius 3 is 2.55 bits per heavy atom. The number of hydrogen-bond acceptors (Lipinski definition) is 1. The van der Waals surface area contributed by atoms with E-state index >= 15 is 0 Å². The fraction of sp³-hybridized carbons (Fsp3) is 0.381. The molecular formula is C21H24O. The predicted molar refractivity (Wildman–Crippen MR) is 92.1 cm³/mol. The lowest BCUT2D eigenvalue weighted by Gasteiger charge is -2.23. The van der Waals surface area contributed by atoms with Crippen molar-refractivity contribution in [2.75, 3.05) is 0 Å². The number of carbonyl (C=O) groups is 1. The molecule has 1 nitrogen and oxygen atoms in total. The maximum Gasteiger partial charge on any atom is 0.133 e. The van der Waals surface area contributed by atoms with E-state index in [9.17, 15) is 4.79 Å². The molecule has 0 bridgehead atoms. The highest BCUT2D eigenvalue weighted by molar-refractivity contribution is 5.81. The third kappa shape index (κ3) is 3.30. The molecule has 1 atom stereocenters. The van der Waals surface area contributed by atoms with Gasteiger partial charge in [0.1, 0.15) is 5.78 Å². The van der Waals surface area contributed by atoms with Gasteiger partial charge in [0.15, 0.2) is 0 Å². The minimum Gasteiger partial charge on any atom is -0.300 e. The Morgan fingerprint density at radius 1 is 1.05 bits per heavy atom. The molecule has 1 fully saturated rings. The van der Waals surface area contributed by atoms with Crippen molar-refractivity contribution in [3.63, 3.8) is 0 Å². The van der Waals surface area contributed by atoms with Gasteiger partial charge in [-0.1, -0.05) is 61.9 Å². The first kappa shape index (κ1) is 15.0. The van der Waals surface area contributed by atoms with Gasteiger partial charge in [-0.3, -0.25) is 4.79 Å². The van der Waals surface area contributed by atoms with E-state index in [0.29, 0.717) is 18.1 Å². The number of rotatable bonds is 4. The number of hydrogen-bond donors (Lipinski definition) is 0. The Morgan fingerprint density at radius 2 is 1.82 bits per heavy atom. The number of aryl methyl sites for hydroxylation is 1. The third-order valence-corrected chi connectivity index (χ3v) is 4.69. The van der Waals surface area contributed by atoms with E-state index in [1.54, 1.807) is 0 Å². The fourth-order valence-corrected chi connectivity index (χ4v) is 3.55. The Labute approximate surface area is 133 Å². The molecule has 0 aromatic heterocycles. The summed E-state index contributed by atoms with van der Waals surface area (Å²) in [5, 5.41) is 0. The van der Waals surface area contributed by atoms with Gasteiger partial charge in [-0.2, -0.15) is 0 Å². The molecule has 1 unspecified atom stereocenters. The summed E-state index contributed by atoms with van der Waals surface area (Å²) < 4.78 is 0. The van der Waals surface area contributed by atoms with E-state index < -0.39 is 0 Å². The quantitative estimate of drug-likeness (QED) is 0.723. The minimum absolute atomic E-state index is 0.396. The Bertz CT molecular complexity index is 639. The summed E-state index contributed by atoms with van der Waals surface area (Å²) in [7, 11) is 0. The Hall–Kier alpha value is -1.89. The molecule has 2 aromatic rings. The van der Waals surface area contributed by atoms with Gasteiger partial charge in [0.2, 0.25) is 0 Å². The summed E-state index contributed by atoms with van der Waals surface area (Å²) in [6, 6.07) is 17.5. The number of benzene rings is 2. The molecule has 0 saturated heterocycles. The lowest BCUT2D eigenvalue weighted by Crippen LogP contribution is -2.14. The molecule has 0 amide bonds. The summed E-state index contributed by atoms with van der Waals surface area (Å²) in [6.07, 6.45) is 5.97. The fourth-order valence-electron chi connectivity index (χ4n) is 3.55.